The Labute approximate surface area is 122 Å². The lowest BCUT2D eigenvalue weighted by Gasteiger charge is -2.08. The monoisotopic (exact) mass is 279 g/mol. The Bertz CT molecular complexity index is 727. The van der Waals surface area contributed by atoms with E-state index in [1.807, 2.05) is 30.3 Å². The summed E-state index contributed by atoms with van der Waals surface area (Å²) in [6.45, 7) is 1.61. The molecule has 0 saturated heterocycles. The summed E-state index contributed by atoms with van der Waals surface area (Å²) >= 11 is 0. The molecule has 4 heteroatoms. The van der Waals surface area contributed by atoms with Crippen molar-refractivity contribution in [3.05, 3.63) is 65.7 Å². The van der Waals surface area contributed by atoms with Crippen LogP contribution < -0.4 is 4.74 Å². The molecule has 21 heavy (non-hydrogen) atoms. The summed E-state index contributed by atoms with van der Waals surface area (Å²) in [5.74, 6) is 0.0418. The van der Waals surface area contributed by atoms with E-state index in [4.69, 9.17) is 15.1 Å². The van der Waals surface area contributed by atoms with E-state index in [1.165, 1.54) is 0 Å². The number of nitriles is 1. The molecule has 2 aromatic carbocycles. The summed E-state index contributed by atoms with van der Waals surface area (Å²) in [4.78, 5) is 11.0. The molecule has 0 atom stereocenters. The van der Waals surface area contributed by atoms with Gasteiger partial charge in [-0.15, -0.1) is 0 Å². The van der Waals surface area contributed by atoms with Crippen LogP contribution in [0.2, 0.25) is 0 Å². The Balaban J connectivity index is 2.34. The van der Waals surface area contributed by atoms with Gasteiger partial charge >= 0.3 is 5.97 Å². The molecule has 0 spiro atoms. The van der Waals surface area contributed by atoms with Crippen molar-refractivity contribution in [2.45, 2.75) is 6.92 Å². The zero-order valence-electron chi connectivity index (χ0n) is 11.4. The van der Waals surface area contributed by atoms with Gasteiger partial charge in [-0.3, -0.25) is 0 Å². The van der Waals surface area contributed by atoms with Crippen molar-refractivity contribution in [3.63, 3.8) is 0 Å². The summed E-state index contributed by atoms with van der Waals surface area (Å²) in [6, 6.07) is 18.0. The number of carboxylic acid groups (broad SMARTS) is 1. The maximum Gasteiger partial charge on any atom is 0.346 e. The highest BCUT2D eigenvalue weighted by Gasteiger charge is 2.12. The molecule has 0 aliphatic carbocycles. The first kappa shape index (κ1) is 14.4. The predicted octanol–water partition coefficient (Wildman–Crippen LogP) is 3.86. The van der Waals surface area contributed by atoms with Crippen LogP contribution in [0.15, 0.2) is 60.2 Å². The van der Waals surface area contributed by atoms with Crippen molar-refractivity contribution in [2.24, 2.45) is 0 Å². The van der Waals surface area contributed by atoms with Crippen LogP contribution in [0.5, 0.6) is 11.5 Å². The van der Waals surface area contributed by atoms with Crippen LogP contribution in [-0.4, -0.2) is 11.1 Å². The van der Waals surface area contributed by atoms with Gasteiger partial charge < -0.3 is 9.84 Å². The first-order chi connectivity index (χ1) is 10.1. The van der Waals surface area contributed by atoms with Gasteiger partial charge in [0.2, 0.25) is 0 Å². The van der Waals surface area contributed by atoms with E-state index in [2.05, 4.69) is 0 Å². The standard InChI is InChI=1S/C17H13NO3/c1-12(16(11-18)17(19)20)13-6-5-9-15(10-13)21-14-7-3-2-4-8-14/h2-10H,1H3,(H,19,20)/b16-12+. The molecular formula is C17H13NO3. The van der Waals surface area contributed by atoms with Crippen molar-refractivity contribution in [1.82, 2.24) is 0 Å². The van der Waals surface area contributed by atoms with E-state index >= 15 is 0 Å². The number of ether oxygens (including phenoxy) is 1. The van der Waals surface area contributed by atoms with Gasteiger partial charge in [-0.2, -0.15) is 5.26 Å². The molecule has 0 fully saturated rings. The summed E-state index contributed by atoms with van der Waals surface area (Å²) in [6.07, 6.45) is 0. The molecule has 0 amide bonds. The molecule has 0 radical (unpaired) electrons. The van der Waals surface area contributed by atoms with Crippen LogP contribution in [0, 0.1) is 11.3 Å². The normalized spacial score (nSPS) is 11.2. The Hall–Kier alpha value is -3.06. The van der Waals surface area contributed by atoms with Gasteiger partial charge in [-0.05, 0) is 42.3 Å². The number of nitrogens with zero attached hydrogens (tertiary/aromatic N) is 1. The number of allylic oxidation sites excluding steroid dienone is 1. The molecule has 0 unspecified atom stereocenters. The molecule has 4 nitrogen and oxygen atoms in total. The lowest BCUT2D eigenvalue weighted by molar-refractivity contribution is -0.132. The Morgan fingerprint density at radius 1 is 1.10 bits per heavy atom. The van der Waals surface area contributed by atoms with Crippen molar-refractivity contribution >= 4 is 11.5 Å². The van der Waals surface area contributed by atoms with E-state index in [0.717, 1.165) is 0 Å². The van der Waals surface area contributed by atoms with Crippen molar-refractivity contribution in [1.29, 1.82) is 5.26 Å². The summed E-state index contributed by atoms with van der Waals surface area (Å²) in [5, 5.41) is 17.9. The van der Waals surface area contributed by atoms with E-state index in [0.29, 0.717) is 22.6 Å². The molecule has 2 rings (SSSR count). The number of aliphatic carboxylic acids is 1. The fourth-order valence-electron chi connectivity index (χ4n) is 1.85. The Kier molecular flexibility index (Phi) is 4.37. The van der Waals surface area contributed by atoms with E-state index in [-0.39, 0.29) is 5.57 Å². The van der Waals surface area contributed by atoms with Crippen LogP contribution in [0.25, 0.3) is 5.57 Å². The predicted molar refractivity (Wildman–Crippen MR) is 78.8 cm³/mol. The van der Waals surface area contributed by atoms with Gasteiger partial charge in [-0.25, -0.2) is 4.79 Å². The smallest absolute Gasteiger partial charge is 0.346 e. The minimum Gasteiger partial charge on any atom is -0.477 e. The quantitative estimate of drug-likeness (QED) is 0.681. The van der Waals surface area contributed by atoms with Gasteiger partial charge in [0, 0.05) is 0 Å². The SMILES string of the molecule is C/C(=C(/C#N)C(=O)O)c1cccc(Oc2ccccc2)c1. The fraction of sp³-hybridized carbons (Fsp3) is 0.0588. The first-order valence-corrected chi connectivity index (χ1v) is 6.29. The van der Waals surface area contributed by atoms with Crippen LogP contribution >= 0.6 is 0 Å². The van der Waals surface area contributed by atoms with E-state index in [9.17, 15) is 4.79 Å². The summed E-state index contributed by atoms with van der Waals surface area (Å²) in [5.41, 5.74) is 0.776. The third kappa shape index (κ3) is 3.48. The zero-order chi connectivity index (χ0) is 15.2. The zero-order valence-corrected chi connectivity index (χ0v) is 11.4. The van der Waals surface area contributed by atoms with Gasteiger partial charge in [0.1, 0.15) is 23.1 Å². The number of carboxylic acids is 1. The van der Waals surface area contributed by atoms with Gasteiger partial charge in [0.25, 0.3) is 0 Å². The number of carbonyl (C=O) groups is 1. The molecular weight excluding hydrogens is 266 g/mol. The van der Waals surface area contributed by atoms with Crippen molar-refractivity contribution < 1.29 is 14.6 Å². The van der Waals surface area contributed by atoms with E-state index < -0.39 is 5.97 Å². The third-order valence-electron chi connectivity index (χ3n) is 2.95. The van der Waals surface area contributed by atoms with Crippen molar-refractivity contribution in [2.75, 3.05) is 0 Å². The molecule has 104 valence electrons. The number of rotatable bonds is 4. The minimum absolute atomic E-state index is 0.271. The highest BCUT2D eigenvalue weighted by atomic mass is 16.5. The Morgan fingerprint density at radius 3 is 2.38 bits per heavy atom. The lowest BCUT2D eigenvalue weighted by Crippen LogP contribution is -2.01. The second-order valence-electron chi connectivity index (χ2n) is 4.36. The molecule has 2 aromatic rings. The highest BCUT2D eigenvalue weighted by Crippen LogP contribution is 2.26. The molecule has 1 N–H and O–H groups in total. The molecule has 0 saturated carbocycles. The van der Waals surface area contributed by atoms with Crippen LogP contribution in [0.3, 0.4) is 0 Å². The number of benzene rings is 2. The largest absolute Gasteiger partial charge is 0.477 e. The van der Waals surface area contributed by atoms with Crippen LogP contribution in [-0.2, 0) is 4.79 Å². The summed E-state index contributed by atoms with van der Waals surface area (Å²) < 4.78 is 5.69. The molecule has 0 aliphatic rings. The second kappa shape index (κ2) is 6.40. The average molecular weight is 279 g/mol. The number of para-hydroxylation sites is 1. The van der Waals surface area contributed by atoms with Crippen LogP contribution in [0.1, 0.15) is 12.5 Å². The van der Waals surface area contributed by atoms with Crippen molar-refractivity contribution in [3.8, 4) is 17.6 Å². The average Bonchev–Trinajstić information content (AvgIpc) is 2.49. The maximum atomic E-state index is 11.0. The van der Waals surface area contributed by atoms with E-state index in [1.54, 1.807) is 37.3 Å². The lowest BCUT2D eigenvalue weighted by atomic mass is 10.0. The Morgan fingerprint density at radius 2 is 1.76 bits per heavy atom. The van der Waals surface area contributed by atoms with Crippen LogP contribution in [0.4, 0.5) is 0 Å². The molecule has 0 aromatic heterocycles. The van der Waals surface area contributed by atoms with Gasteiger partial charge in [-0.1, -0.05) is 30.3 Å². The first-order valence-electron chi connectivity index (χ1n) is 6.29. The highest BCUT2D eigenvalue weighted by molar-refractivity contribution is 6.00. The second-order valence-corrected chi connectivity index (χ2v) is 4.36. The number of hydrogen-bond donors (Lipinski definition) is 1. The molecule has 0 heterocycles. The fourth-order valence-corrected chi connectivity index (χ4v) is 1.85. The van der Waals surface area contributed by atoms with Gasteiger partial charge in [0.05, 0.1) is 0 Å². The number of hydrogen-bond acceptors (Lipinski definition) is 3. The maximum absolute atomic E-state index is 11.0. The summed E-state index contributed by atoms with van der Waals surface area (Å²) in [7, 11) is 0. The minimum atomic E-state index is -1.23. The molecule has 0 aliphatic heterocycles. The topological polar surface area (TPSA) is 70.3 Å². The molecule has 0 bridgehead atoms. The van der Waals surface area contributed by atoms with Gasteiger partial charge in [0.15, 0.2) is 0 Å². The third-order valence-corrected chi connectivity index (χ3v) is 2.95.